The largest absolute Gasteiger partial charge is 0.480 e. The van der Waals surface area contributed by atoms with Crippen LogP contribution in [-0.2, 0) is 9.59 Å². The number of fused-ring (bicyclic) bond motifs is 5. The van der Waals surface area contributed by atoms with Crippen molar-refractivity contribution in [3.63, 3.8) is 0 Å². The van der Waals surface area contributed by atoms with Gasteiger partial charge in [-0.05, 0) is 24.3 Å². The van der Waals surface area contributed by atoms with E-state index in [4.69, 9.17) is 4.74 Å². The molecule has 2 heterocycles. The van der Waals surface area contributed by atoms with Crippen molar-refractivity contribution >= 4 is 17.6 Å². The van der Waals surface area contributed by atoms with Crippen LogP contribution in [-0.4, -0.2) is 29.1 Å². The summed E-state index contributed by atoms with van der Waals surface area (Å²) in [4.78, 5) is 26.2. The molecule has 0 N–H and O–H groups in total. The van der Waals surface area contributed by atoms with Gasteiger partial charge in [0.1, 0.15) is 0 Å². The smallest absolute Gasteiger partial charge is 0.239 e. The molecule has 2 bridgehead atoms. The minimum absolute atomic E-state index is 0.142. The summed E-state index contributed by atoms with van der Waals surface area (Å²) >= 11 is 0. The molecule has 0 unspecified atom stereocenters. The Bertz CT molecular complexity index is 595. The van der Waals surface area contributed by atoms with Crippen LogP contribution in [0.25, 0.3) is 0 Å². The zero-order valence-corrected chi connectivity index (χ0v) is 10.9. The molecule has 0 radical (unpaired) electrons. The van der Waals surface area contributed by atoms with Crippen molar-refractivity contribution in [1.29, 1.82) is 0 Å². The molecule has 20 heavy (non-hydrogen) atoms. The molecule has 0 aromatic carbocycles. The van der Waals surface area contributed by atoms with Gasteiger partial charge in [-0.1, -0.05) is 12.2 Å². The van der Waals surface area contributed by atoms with E-state index in [0.717, 1.165) is 6.42 Å². The number of aromatic nitrogens is 2. The van der Waals surface area contributed by atoms with Gasteiger partial charge in [-0.25, -0.2) is 4.90 Å². The van der Waals surface area contributed by atoms with Crippen LogP contribution in [0.15, 0.2) is 24.3 Å². The lowest BCUT2D eigenvalue weighted by molar-refractivity contribution is -0.123. The number of allylic oxidation sites excluding steroid dienone is 2. The predicted molar refractivity (Wildman–Crippen MR) is 68.8 cm³/mol. The van der Waals surface area contributed by atoms with Crippen molar-refractivity contribution in [2.45, 2.75) is 6.42 Å². The molecule has 1 aromatic rings. The Morgan fingerprint density at radius 3 is 2.25 bits per heavy atom. The van der Waals surface area contributed by atoms with Gasteiger partial charge < -0.3 is 4.74 Å². The van der Waals surface area contributed by atoms with Crippen LogP contribution in [0.3, 0.4) is 0 Å². The summed E-state index contributed by atoms with van der Waals surface area (Å²) in [6.07, 6.45) is 5.06. The van der Waals surface area contributed by atoms with Crippen LogP contribution in [0.1, 0.15) is 6.42 Å². The van der Waals surface area contributed by atoms with Gasteiger partial charge in [-0.2, -0.15) is 0 Å². The van der Waals surface area contributed by atoms with Gasteiger partial charge in [0, 0.05) is 6.07 Å². The predicted octanol–water partition coefficient (Wildman–Crippen LogP) is 0.797. The molecule has 1 saturated carbocycles. The molecule has 3 aliphatic rings. The zero-order chi connectivity index (χ0) is 13.9. The van der Waals surface area contributed by atoms with Gasteiger partial charge in [-0.3, -0.25) is 9.59 Å². The molecule has 1 saturated heterocycles. The van der Waals surface area contributed by atoms with Crippen molar-refractivity contribution in [2.24, 2.45) is 23.7 Å². The number of methoxy groups -OCH3 is 1. The Kier molecular flexibility index (Phi) is 2.24. The number of rotatable bonds is 2. The number of anilines is 1. The van der Waals surface area contributed by atoms with E-state index >= 15 is 0 Å². The van der Waals surface area contributed by atoms with Gasteiger partial charge in [-0.15, -0.1) is 10.2 Å². The molecule has 0 spiro atoms. The second-order valence-corrected chi connectivity index (χ2v) is 5.45. The summed E-state index contributed by atoms with van der Waals surface area (Å²) in [7, 11) is 1.49. The maximum atomic E-state index is 12.5. The van der Waals surface area contributed by atoms with E-state index in [2.05, 4.69) is 22.3 Å². The number of hydrogen-bond donors (Lipinski definition) is 0. The van der Waals surface area contributed by atoms with E-state index in [1.54, 1.807) is 12.1 Å². The van der Waals surface area contributed by atoms with Crippen molar-refractivity contribution in [1.82, 2.24) is 10.2 Å². The summed E-state index contributed by atoms with van der Waals surface area (Å²) in [6.45, 7) is 0. The molecular formula is C14H13N3O3. The van der Waals surface area contributed by atoms with Crippen LogP contribution in [0, 0.1) is 23.7 Å². The Morgan fingerprint density at radius 2 is 1.75 bits per heavy atom. The van der Waals surface area contributed by atoms with Crippen molar-refractivity contribution in [2.75, 3.05) is 12.0 Å². The fourth-order valence-corrected chi connectivity index (χ4v) is 3.67. The Hall–Kier alpha value is -2.24. The Morgan fingerprint density at radius 1 is 1.10 bits per heavy atom. The SMILES string of the molecule is COc1ccc(N2C(=O)[C@@H]3[C@@H](C2=O)[C@@H]2C=C[C@@H]3C2)nn1. The summed E-state index contributed by atoms with van der Waals surface area (Å²) in [5.41, 5.74) is 0. The molecule has 2 amide bonds. The highest BCUT2D eigenvalue weighted by Gasteiger charge is 2.59. The first-order valence-electron chi connectivity index (χ1n) is 6.64. The summed E-state index contributed by atoms with van der Waals surface area (Å²) in [5.74, 6) is 0.357. The maximum absolute atomic E-state index is 12.5. The van der Waals surface area contributed by atoms with Crippen molar-refractivity contribution in [3.05, 3.63) is 24.3 Å². The fourth-order valence-electron chi connectivity index (χ4n) is 3.67. The van der Waals surface area contributed by atoms with Crippen LogP contribution in [0.5, 0.6) is 5.88 Å². The molecule has 6 nitrogen and oxygen atoms in total. The monoisotopic (exact) mass is 271 g/mol. The van der Waals surface area contributed by atoms with Crippen LogP contribution in [0.4, 0.5) is 5.82 Å². The first-order chi connectivity index (χ1) is 9.70. The number of carbonyl (C=O) groups is 2. The van der Waals surface area contributed by atoms with Gasteiger partial charge in [0.25, 0.3) is 0 Å². The lowest BCUT2D eigenvalue weighted by Crippen LogP contribution is -2.33. The third-order valence-electron chi connectivity index (χ3n) is 4.53. The third kappa shape index (κ3) is 1.33. The molecule has 102 valence electrons. The molecule has 2 aliphatic carbocycles. The van der Waals surface area contributed by atoms with Crippen molar-refractivity contribution in [3.8, 4) is 5.88 Å². The van der Waals surface area contributed by atoms with E-state index in [-0.39, 0.29) is 41.3 Å². The first-order valence-corrected chi connectivity index (χ1v) is 6.64. The highest BCUT2D eigenvalue weighted by molar-refractivity contribution is 6.22. The van der Waals surface area contributed by atoms with Gasteiger partial charge >= 0.3 is 0 Å². The van der Waals surface area contributed by atoms with E-state index < -0.39 is 0 Å². The summed E-state index contributed by atoms with van der Waals surface area (Å²) < 4.78 is 4.93. The molecular weight excluding hydrogens is 258 g/mol. The third-order valence-corrected chi connectivity index (χ3v) is 4.53. The molecule has 6 heteroatoms. The van der Waals surface area contributed by atoms with E-state index in [1.807, 2.05) is 0 Å². The Labute approximate surface area is 115 Å². The molecule has 2 fully saturated rings. The molecule has 1 aromatic heterocycles. The normalized spacial score (nSPS) is 34.0. The van der Waals surface area contributed by atoms with Crippen LogP contribution < -0.4 is 9.64 Å². The quantitative estimate of drug-likeness (QED) is 0.587. The standard InChI is InChI=1S/C14H13N3O3/c1-20-10-5-4-9(15-16-10)17-13(18)11-7-2-3-8(6-7)12(11)14(17)19/h2-5,7-8,11-12H,6H2,1H3/t7-,8-,11+,12+/m1/s1. The van der Waals surface area contributed by atoms with Gasteiger partial charge in [0.15, 0.2) is 5.82 Å². The number of imide groups is 1. The number of ether oxygens (including phenoxy) is 1. The molecule has 1 aliphatic heterocycles. The number of carbonyl (C=O) groups excluding carboxylic acids is 2. The first kappa shape index (κ1) is 11.6. The summed E-state index contributed by atoms with van der Waals surface area (Å²) in [5, 5.41) is 7.74. The average Bonchev–Trinajstić information content (AvgIpc) is 3.14. The van der Waals surface area contributed by atoms with Gasteiger partial charge in [0.2, 0.25) is 17.7 Å². The number of hydrogen-bond acceptors (Lipinski definition) is 5. The van der Waals surface area contributed by atoms with Gasteiger partial charge in [0.05, 0.1) is 18.9 Å². The van der Waals surface area contributed by atoms with E-state index in [9.17, 15) is 9.59 Å². The number of nitrogens with zero attached hydrogens (tertiary/aromatic N) is 3. The second kappa shape index (κ2) is 3.88. The molecule has 4 rings (SSSR count). The lowest BCUT2D eigenvalue weighted by Gasteiger charge is -2.15. The average molecular weight is 271 g/mol. The zero-order valence-electron chi connectivity index (χ0n) is 10.9. The maximum Gasteiger partial charge on any atom is 0.239 e. The van der Waals surface area contributed by atoms with Crippen LogP contribution in [0.2, 0.25) is 0 Å². The minimum atomic E-state index is -0.207. The summed E-state index contributed by atoms with van der Waals surface area (Å²) in [6, 6.07) is 3.20. The number of amides is 2. The van der Waals surface area contributed by atoms with Crippen molar-refractivity contribution < 1.29 is 14.3 Å². The Balaban J connectivity index is 1.70. The van der Waals surface area contributed by atoms with E-state index in [1.165, 1.54) is 12.0 Å². The van der Waals surface area contributed by atoms with E-state index in [0.29, 0.717) is 5.88 Å². The highest BCUT2D eigenvalue weighted by atomic mass is 16.5. The second-order valence-electron chi connectivity index (χ2n) is 5.45. The van der Waals surface area contributed by atoms with Crippen LogP contribution >= 0.6 is 0 Å². The highest BCUT2D eigenvalue weighted by Crippen LogP contribution is 2.52. The fraction of sp³-hybridized carbons (Fsp3) is 0.429. The lowest BCUT2D eigenvalue weighted by atomic mass is 9.85. The molecule has 4 atom stereocenters. The topological polar surface area (TPSA) is 72.4 Å². The minimum Gasteiger partial charge on any atom is -0.480 e.